The van der Waals surface area contributed by atoms with Crippen molar-refractivity contribution >= 4 is 16.7 Å². The number of rotatable bonds is 7. The van der Waals surface area contributed by atoms with Crippen molar-refractivity contribution in [3.8, 4) is 0 Å². The molecule has 0 unspecified atom stereocenters. The molecule has 0 amide bonds. The summed E-state index contributed by atoms with van der Waals surface area (Å²) in [5.74, 6) is 0.576. The van der Waals surface area contributed by atoms with E-state index in [1.165, 1.54) is 19.3 Å². The van der Waals surface area contributed by atoms with Gasteiger partial charge in [-0.25, -0.2) is 4.98 Å². The first-order chi connectivity index (χ1) is 9.31. The summed E-state index contributed by atoms with van der Waals surface area (Å²) in [5, 5.41) is 1.11. The minimum atomic E-state index is 0.551. The van der Waals surface area contributed by atoms with Crippen LogP contribution in [-0.4, -0.2) is 11.6 Å². The van der Waals surface area contributed by atoms with E-state index in [-0.39, 0.29) is 0 Å². The average molecular weight is 258 g/mol. The molecule has 0 aliphatic rings. The molecule has 0 saturated heterocycles. The normalized spacial score (nSPS) is 11.0. The van der Waals surface area contributed by atoms with Crippen LogP contribution in [0.2, 0.25) is 0 Å². The highest BCUT2D eigenvalue weighted by molar-refractivity contribution is 5.81. The molecule has 2 aromatic rings. The molecular weight excluding hydrogens is 236 g/mol. The molecule has 1 aromatic heterocycles. The Hall–Kier alpha value is -1.61. The van der Waals surface area contributed by atoms with Crippen LogP contribution in [0.1, 0.15) is 38.2 Å². The van der Waals surface area contributed by atoms with Gasteiger partial charge in [-0.15, -0.1) is 0 Å². The molecule has 0 atom stereocenters. The number of hydrogen-bond acceptors (Lipinski definition) is 3. The van der Waals surface area contributed by atoms with Gasteiger partial charge in [0.1, 0.15) is 5.82 Å². The molecule has 0 spiro atoms. The van der Waals surface area contributed by atoms with Gasteiger partial charge < -0.3 is 10.5 Å². The van der Waals surface area contributed by atoms with Gasteiger partial charge in [-0.05, 0) is 18.6 Å². The molecule has 3 nitrogen and oxygen atoms in total. The van der Waals surface area contributed by atoms with Crippen molar-refractivity contribution in [1.29, 1.82) is 0 Å². The predicted octanol–water partition coefficient (Wildman–Crippen LogP) is 3.91. The third kappa shape index (κ3) is 3.93. The second kappa shape index (κ2) is 7.10. The number of anilines is 1. The van der Waals surface area contributed by atoms with E-state index in [0.717, 1.165) is 29.5 Å². The SMILES string of the molecule is CCCCCCOCc1cc2ccccc2nc1N. The predicted molar refractivity (Wildman–Crippen MR) is 80.0 cm³/mol. The summed E-state index contributed by atoms with van der Waals surface area (Å²) in [6.07, 6.45) is 4.89. The van der Waals surface area contributed by atoms with Crippen molar-refractivity contribution < 1.29 is 4.74 Å². The zero-order chi connectivity index (χ0) is 13.5. The van der Waals surface area contributed by atoms with Gasteiger partial charge in [-0.3, -0.25) is 0 Å². The quantitative estimate of drug-likeness (QED) is 0.766. The van der Waals surface area contributed by atoms with Crippen LogP contribution >= 0.6 is 0 Å². The van der Waals surface area contributed by atoms with Crippen molar-refractivity contribution in [3.63, 3.8) is 0 Å². The zero-order valence-electron chi connectivity index (χ0n) is 11.6. The van der Waals surface area contributed by atoms with E-state index in [1.807, 2.05) is 24.3 Å². The summed E-state index contributed by atoms with van der Waals surface area (Å²) < 4.78 is 5.68. The summed E-state index contributed by atoms with van der Waals surface area (Å²) in [6.45, 7) is 3.56. The molecular formula is C16H22N2O. The highest BCUT2D eigenvalue weighted by Crippen LogP contribution is 2.19. The molecule has 0 aliphatic heterocycles. The minimum Gasteiger partial charge on any atom is -0.383 e. The van der Waals surface area contributed by atoms with Crippen molar-refractivity contribution in [3.05, 3.63) is 35.9 Å². The van der Waals surface area contributed by atoms with Gasteiger partial charge >= 0.3 is 0 Å². The monoisotopic (exact) mass is 258 g/mol. The molecule has 1 heterocycles. The van der Waals surface area contributed by atoms with E-state index in [9.17, 15) is 0 Å². The molecule has 102 valence electrons. The van der Waals surface area contributed by atoms with Crippen LogP contribution in [0, 0.1) is 0 Å². The Bertz CT molecular complexity index is 525. The number of fused-ring (bicyclic) bond motifs is 1. The topological polar surface area (TPSA) is 48.1 Å². The van der Waals surface area contributed by atoms with Crippen LogP contribution in [0.4, 0.5) is 5.82 Å². The number of unbranched alkanes of at least 4 members (excludes halogenated alkanes) is 3. The standard InChI is InChI=1S/C16H22N2O/c1-2-3-4-7-10-19-12-14-11-13-8-5-6-9-15(13)18-16(14)17/h5-6,8-9,11H,2-4,7,10,12H2,1H3,(H2,17,18). The van der Waals surface area contributed by atoms with Gasteiger partial charge in [-0.1, -0.05) is 44.4 Å². The number of hydrogen-bond donors (Lipinski definition) is 1. The molecule has 0 bridgehead atoms. The highest BCUT2D eigenvalue weighted by atomic mass is 16.5. The number of para-hydroxylation sites is 1. The minimum absolute atomic E-state index is 0.551. The van der Waals surface area contributed by atoms with Crippen molar-refractivity contribution in [2.45, 2.75) is 39.2 Å². The number of aromatic nitrogens is 1. The molecule has 19 heavy (non-hydrogen) atoms. The maximum Gasteiger partial charge on any atom is 0.129 e. The Balaban J connectivity index is 1.91. The van der Waals surface area contributed by atoms with Crippen LogP contribution in [0.25, 0.3) is 10.9 Å². The van der Waals surface area contributed by atoms with E-state index in [2.05, 4.69) is 18.0 Å². The lowest BCUT2D eigenvalue weighted by Crippen LogP contribution is -2.02. The van der Waals surface area contributed by atoms with E-state index in [1.54, 1.807) is 0 Å². The number of nitrogens with zero attached hydrogens (tertiary/aromatic N) is 1. The Morgan fingerprint density at radius 2 is 2.00 bits per heavy atom. The van der Waals surface area contributed by atoms with Crippen LogP contribution < -0.4 is 5.73 Å². The van der Waals surface area contributed by atoms with Gasteiger partial charge in [0, 0.05) is 17.6 Å². The van der Waals surface area contributed by atoms with Crippen molar-refractivity contribution in [2.75, 3.05) is 12.3 Å². The summed E-state index contributed by atoms with van der Waals surface area (Å²) in [6, 6.07) is 10.1. The maximum atomic E-state index is 5.96. The first-order valence-electron chi connectivity index (χ1n) is 7.03. The Kier molecular flexibility index (Phi) is 5.16. The van der Waals surface area contributed by atoms with Gasteiger partial charge in [0.05, 0.1) is 12.1 Å². The van der Waals surface area contributed by atoms with Gasteiger partial charge in [0.15, 0.2) is 0 Å². The molecule has 0 fully saturated rings. The third-order valence-corrected chi connectivity index (χ3v) is 3.24. The molecule has 1 aromatic carbocycles. The van der Waals surface area contributed by atoms with Gasteiger partial charge in [0.2, 0.25) is 0 Å². The van der Waals surface area contributed by atoms with E-state index in [4.69, 9.17) is 10.5 Å². The number of nitrogens with two attached hydrogens (primary N) is 1. The van der Waals surface area contributed by atoms with Crippen molar-refractivity contribution in [1.82, 2.24) is 4.98 Å². The molecule has 0 radical (unpaired) electrons. The first-order valence-corrected chi connectivity index (χ1v) is 7.03. The number of ether oxygens (including phenoxy) is 1. The third-order valence-electron chi connectivity index (χ3n) is 3.24. The number of benzene rings is 1. The first kappa shape index (κ1) is 13.8. The van der Waals surface area contributed by atoms with Gasteiger partial charge in [0.25, 0.3) is 0 Å². The van der Waals surface area contributed by atoms with Gasteiger partial charge in [-0.2, -0.15) is 0 Å². The maximum absolute atomic E-state index is 5.96. The molecule has 2 rings (SSSR count). The molecule has 0 saturated carbocycles. The Labute approximate surface area is 114 Å². The van der Waals surface area contributed by atoms with E-state index < -0.39 is 0 Å². The lowest BCUT2D eigenvalue weighted by molar-refractivity contribution is 0.117. The second-order valence-corrected chi connectivity index (χ2v) is 4.84. The van der Waals surface area contributed by atoms with Crippen molar-refractivity contribution in [2.24, 2.45) is 0 Å². The van der Waals surface area contributed by atoms with E-state index >= 15 is 0 Å². The summed E-state index contributed by atoms with van der Waals surface area (Å²) in [4.78, 5) is 4.40. The fourth-order valence-corrected chi connectivity index (χ4v) is 2.10. The van der Waals surface area contributed by atoms with Crippen LogP contribution in [0.15, 0.2) is 30.3 Å². The smallest absolute Gasteiger partial charge is 0.129 e. The Morgan fingerprint density at radius 1 is 1.16 bits per heavy atom. The molecule has 0 aliphatic carbocycles. The average Bonchev–Trinajstić information content (AvgIpc) is 2.43. The largest absolute Gasteiger partial charge is 0.383 e. The Morgan fingerprint density at radius 3 is 2.84 bits per heavy atom. The van der Waals surface area contributed by atoms with E-state index in [0.29, 0.717) is 12.4 Å². The fourth-order valence-electron chi connectivity index (χ4n) is 2.10. The zero-order valence-corrected chi connectivity index (χ0v) is 11.6. The summed E-state index contributed by atoms with van der Waals surface area (Å²) in [5.41, 5.74) is 7.88. The lowest BCUT2D eigenvalue weighted by atomic mass is 10.1. The van der Waals surface area contributed by atoms with Crippen LogP contribution in [-0.2, 0) is 11.3 Å². The lowest BCUT2D eigenvalue weighted by Gasteiger charge is -2.08. The second-order valence-electron chi connectivity index (χ2n) is 4.84. The highest BCUT2D eigenvalue weighted by Gasteiger charge is 2.03. The number of pyridine rings is 1. The molecule has 2 N–H and O–H groups in total. The summed E-state index contributed by atoms with van der Waals surface area (Å²) in [7, 11) is 0. The summed E-state index contributed by atoms with van der Waals surface area (Å²) >= 11 is 0. The molecule has 3 heteroatoms. The van der Waals surface area contributed by atoms with Crippen LogP contribution in [0.5, 0.6) is 0 Å². The van der Waals surface area contributed by atoms with Crippen LogP contribution in [0.3, 0.4) is 0 Å². The number of nitrogen functional groups attached to an aromatic ring is 1. The fraction of sp³-hybridized carbons (Fsp3) is 0.438.